The summed E-state index contributed by atoms with van der Waals surface area (Å²) < 4.78 is 37.1. The molecule has 0 saturated carbocycles. The Bertz CT molecular complexity index is 2540. The zero-order chi connectivity index (χ0) is 45.9. The number of piperidine rings is 2. The highest BCUT2D eigenvalue weighted by Gasteiger charge is 2.29. The molecular weight excluding hydrogens is 819 g/mol. The Morgan fingerprint density at radius 2 is 1.11 bits per heavy atom. The van der Waals surface area contributed by atoms with Crippen molar-refractivity contribution in [2.75, 3.05) is 68.6 Å². The van der Waals surface area contributed by atoms with Gasteiger partial charge in [0.1, 0.15) is 23.1 Å². The van der Waals surface area contributed by atoms with Crippen molar-refractivity contribution in [3.8, 4) is 11.5 Å². The number of Topliss-reactive ketones (excluding diaryl/α,β-unsaturated/α-hetero) is 1. The van der Waals surface area contributed by atoms with Gasteiger partial charge in [0.15, 0.2) is 0 Å². The van der Waals surface area contributed by atoms with Gasteiger partial charge in [0.2, 0.25) is 0 Å². The smallest absolute Gasteiger partial charge is 0.294 e. The van der Waals surface area contributed by atoms with E-state index in [9.17, 15) is 28.0 Å². The van der Waals surface area contributed by atoms with E-state index in [-0.39, 0.29) is 29.0 Å². The van der Waals surface area contributed by atoms with Crippen LogP contribution in [0, 0.1) is 23.5 Å². The standard InChI is InChI=1S/C26H28FN3O4.C22H23FN2O2.C2H7N/c1-29(2)26(33)24(31)21-15-28-22-14-23(34-3)20(13-19(21)22)25(32)30-10-8-17(9-11-30)12-16-4-6-18(27)7-5-16;1-27-21-14-20-17(6-9-24-20)13-19(21)22(26)25-10-7-16(8-11-25)12-15-2-4-18(23)5-3-15;1-3-2/h4-7,13-15,17,28H,8-12H2,1-3H3;2-6,9,13-14,16,24H,7-8,10-12H2,1H3;3H,1-2H3. The van der Waals surface area contributed by atoms with Gasteiger partial charge in [-0.25, -0.2) is 8.78 Å². The van der Waals surface area contributed by atoms with Crippen LogP contribution in [0.2, 0.25) is 0 Å². The number of H-pyrrole nitrogens is 2. The average molecular weight is 877 g/mol. The number of fused-ring (bicyclic) bond motifs is 2. The fraction of sp³-hybridized carbons (Fsp3) is 0.360. The Balaban J connectivity index is 0.000000205. The molecule has 0 bridgehead atoms. The lowest BCUT2D eigenvalue weighted by atomic mass is 9.90. The molecule has 0 unspecified atom stereocenters. The maximum absolute atomic E-state index is 13.4. The van der Waals surface area contributed by atoms with E-state index in [0.29, 0.717) is 58.5 Å². The summed E-state index contributed by atoms with van der Waals surface area (Å²) in [5, 5.41) is 4.26. The highest BCUT2D eigenvalue weighted by Crippen LogP contribution is 2.32. The Kier molecular flexibility index (Phi) is 15.9. The third-order valence-electron chi connectivity index (χ3n) is 11.9. The zero-order valence-electron chi connectivity index (χ0n) is 37.4. The molecule has 64 heavy (non-hydrogen) atoms. The van der Waals surface area contributed by atoms with Crippen LogP contribution in [0.15, 0.2) is 91.3 Å². The number of amides is 3. The number of likely N-dealkylation sites (tertiary alicyclic amines) is 2. The first-order chi connectivity index (χ1) is 30.8. The second-order valence-electron chi connectivity index (χ2n) is 16.6. The number of nitrogens with zero attached hydrogens (tertiary/aromatic N) is 3. The number of ether oxygens (including phenoxy) is 2. The largest absolute Gasteiger partial charge is 0.496 e. The summed E-state index contributed by atoms with van der Waals surface area (Å²) in [5.41, 5.74) is 5.02. The number of carbonyl (C=O) groups excluding carboxylic acids is 4. The van der Waals surface area contributed by atoms with Gasteiger partial charge in [-0.15, -0.1) is 0 Å². The third-order valence-corrected chi connectivity index (χ3v) is 11.9. The lowest BCUT2D eigenvalue weighted by molar-refractivity contribution is -0.124. The number of halogens is 2. The fourth-order valence-electron chi connectivity index (χ4n) is 8.34. The number of aromatic nitrogens is 2. The number of methoxy groups -OCH3 is 2. The van der Waals surface area contributed by atoms with Crippen LogP contribution in [-0.2, 0) is 17.6 Å². The third kappa shape index (κ3) is 11.3. The maximum atomic E-state index is 13.4. The number of benzene rings is 4. The van der Waals surface area contributed by atoms with Crippen LogP contribution in [0.1, 0.15) is 67.9 Å². The Labute approximate surface area is 372 Å². The van der Waals surface area contributed by atoms with Crippen molar-refractivity contribution in [1.82, 2.24) is 30.0 Å². The van der Waals surface area contributed by atoms with Gasteiger partial charge in [-0.2, -0.15) is 0 Å². The van der Waals surface area contributed by atoms with Crippen molar-refractivity contribution >= 4 is 45.3 Å². The molecule has 14 heteroatoms. The first-order valence-electron chi connectivity index (χ1n) is 21.6. The molecule has 2 aliphatic heterocycles. The van der Waals surface area contributed by atoms with Crippen molar-refractivity contribution in [1.29, 1.82) is 0 Å². The average Bonchev–Trinajstić information content (AvgIpc) is 3.96. The maximum Gasteiger partial charge on any atom is 0.294 e. The molecule has 4 heterocycles. The fourth-order valence-corrected chi connectivity index (χ4v) is 8.34. The van der Waals surface area contributed by atoms with E-state index >= 15 is 0 Å². The summed E-state index contributed by atoms with van der Waals surface area (Å²) >= 11 is 0. The van der Waals surface area contributed by atoms with Crippen molar-refractivity contribution in [3.05, 3.63) is 131 Å². The van der Waals surface area contributed by atoms with Crippen LogP contribution in [0.3, 0.4) is 0 Å². The summed E-state index contributed by atoms with van der Waals surface area (Å²) in [4.78, 5) is 62.4. The van der Waals surface area contributed by atoms with Crippen LogP contribution in [0.4, 0.5) is 8.78 Å². The van der Waals surface area contributed by atoms with E-state index < -0.39 is 11.7 Å². The van der Waals surface area contributed by atoms with E-state index in [1.807, 2.05) is 67.7 Å². The van der Waals surface area contributed by atoms with E-state index in [1.165, 1.54) is 56.6 Å². The van der Waals surface area contributed by atoms with Crippen molar-refractivity contribution in [2.24, 2.45) is 11.8 Å². The van der Waals surface area contributed by atoms with Gasteiger partial charge in [-0.1, -0.05) is 24.3 Å². The highest BCUT2D eigenvalue weighted by atomic mass is 19.1. The predicted molar refractivity (Wildman–Crippen MR) is 245 cm³/mol. The van der Waals surface area contributed by atoms with Gasteiger partial charge >= 0.3 is 0 Å². The van der Waals surface area contributed by atoms with Crippen molar-refractivity contribution in [3.63, 3.8) is 0 Å². The quantitative estimate of drug-likeness (QED) is 0.0939. The monoisotopic (exact) mass is 876 g/mol. The number of hydrogen-bond acceptors (Lipinski definition) is 7. The molecule has 2 aromatic heterocycles. The Morgan fingerprint density at radius 1 is 0.656 bits per heavy atom. The summed E-state index contributed by atoms with van der Waals surface area (Å²) in [6, 6.07) is 22.3. The minimum absolute atomic E-state index is 0.0233. The second-order valence-corrected chi connectivity index (χ2v) is 16.6. The first-order valence-corrected chi connectivity index (χ1v) is 21.6. The van der Waals surface area contributed by atoms with E-state index in [2.05, 4.69) is 15.3 Å². The number of rotatable bonds is 10. The van der Waals surface area contributed by atoms with Gasteiger partial charge in [0.25, 0.3) is 23.5 Å². The molecule has 2 fully saturated rings. The summed E-state index contributed by atoms with van der Waals surface area (Å²) in [6.45, 7) is 2.67. The number of nitrogens with one attached hydrogen (secondary N) is 3. The van der Waals surface area contributed by atoms with Crippen LogP contribution in [-0.4, -0.2) is 117 Å². The Morgan fingerprint density at radius 3 is 1.56 bits per heavy atom. The minimum atomic E-state index is -0.638. The predicted octanol–water partition coefficient (Wildman–Crippen LogP) is 7.93. The lowest BCUT2D eigenvalue weighted by Crippen LogP contribution is -2.39. The number of hydrogen-bond donors (Lipinski definition) is 3. The molecule has 2 aliphatic rings. The second kappa shape index (κ2) is 21.7. The van der Waals surface area contributed by atoms with Crippen molar-refractivity contribution < 1.29 is 37.4 Å². The molecular formula is C50H58F2N6O6. The van der Waals surface area contributed by atoms with Crippen molar-refractivity contribution in [2.45, 2.75) is 38.5 Å². The molecule has 2 saturated heterocycles. The van der Waals surface area contributed by atoms with Crippen LogP contribution in [0.25, 0.3) is 21.8 Å². The van der Waals surface area contributed by atoms with Gasteiger partial charge in [-0.3, -0.25) is 19.2 Å². The molecule has 8 rings (SSSR count). The minimum Gasteiger partial charge on any atom is -0.496 e. The topological polar surface area (TPSA) is 140 Å². The molecule has 3 amide bonds. The van der Waals surface area contributed by atoms with Gasteiger partial charge < -0.3 is 39.5 Å². The number of aromatic amines is 2. The molecule has 338 valence electrons. The van der Waals surface area contributed by atoms with Gasteiger partial charge in [0, 0.05) is 86.6 Å². The SMILES string of the molecule is CNC.COc1cc2[nH]cc(C(=O)C(=O)N(C)C)c2cc1C(=O)N1CCC(Cc2ccc(F)cc2)CC1.COc1cc2[nH]ccc2cc1C(=O)N1CCC(Cc2ccc(F)cc2)CC1. The number of ketones is 1. The van der Waals surface area contributed by atoms with Crippen LogP contribution in [0.5, 0.6) is 11.5 Å². The van der Waals surface area contributed by atoms with E-state index in [1.54, 1.807) is 24.1 Å². The molecule has 12 nitrogen and oxygen atoms in total. The zero-order valence-corrected chi connectivity index (χ0v) is 37.4. The lowest BCUT2D eigenvalue weighted by Gasteiger charge is -2.32. The van der Waals surface area contributed by atoms with Crippen LogP contribution < -0.4 is 14.8 Å². The van der Waals surface area contributed by atoms with E-state index in [4.69, 9.17) is 9.47 Å². The van der Waals surface area contributed by atoms with Crippen LogP contribution >= 0.6 is 0 Å². The molecule has 0 spiro atoms. The van der Waals surface area contributed by atoms with E-state index in [0.717, 1.165) is 73.6 Å². The molecule has 4 aromatic carbocycles. The Hall–Kier alpha value is -6.54. The molecule has 0 radical (unpaired) electrons. The molecule has 0 aliphatic carbocycles. The molecule has 3 N–H and O–H groups in total. The summed E-state index contributed by atoms with van der Waals surface area (Å²) in [7, 11) is 9.88. The normalized spacial score (nSPS) is 14.3. The summed E-state index contributed by atoms with van der Waals surface area (Å²) in [5.74, 6) is 0.0930. The van der Waals surface area contributed by atoms with Gasteiger partial charge in [-0.05, 0) is 118 Å². The van der Waals surface area contributed by atoms with Gasteiger partial charge in [0.05, 0.1) is 30.9 Å². The number of carbonyl (C=O) groups is 4. The molecule has 6 aromatic rings. The first kappa shape index (κ1) is 47.0. The molecule has 0 atom stereocenters. The highest BCUT2D eigenvalue weighted by molar-refractivity contribution is 6.44. The number of likely N-dealkylation sites (N-methyl/N-ethyl adjacent to an activating group) is 1. The summed E-state index contributed by atoms with van der Waals surface area (Å²) in [6.07, 6.45) is 8.74.